The van der Waals surface area contributed by atoms with E-state index in [0.29, 0.717) is 6.04 Å². The second kappa shape index (κ2) is 7.54. The molecule has 0 spiro atoms. The van der Waals surface area contributed by atoms with Crippen LogP contribution in [0.1, 0.15) is 39.1 Å². The van der Waals surface area contributed by atoms with Crippen LogP contribution < -0.4 is 5.32 Å². The zero-order valence-corrected chi connectivity index (χ0v) is 12.5. The molecule has 4 heteroatoms. The van der Waals surface area contributed by atoms with E-state index in [1.807, 2.05) is 0 Å². The van der Waals surface area contributed by atoms with Crippen molar-refractivity contribution in [2.45, 2.75) is 53.2 Å². The summed E-state index contributed by atoms with van der Waals surface area (Å²) in [7, 11) is 2.16. The molecule has 0 saturated carbocycles. The van der Waals surface area contributed by atoms with Gasteiger partial charge in [0.1, 0.15) is 0 Å². The van der Waals surface area contributed by atoms with Gasteiger partial charge in [0.15, 0.2) is 0 Å². The smallest absolute Gasteiger partial charge is 0.0625 e. The number of hydrogen-bond acceptors (Lipinski definition) is 3. The Labute approximate surface area is 111 Å². The van der Waals surface area contributed by atoms with E-state index in [4.69, 9.17) is 0 Å². The van der Waals surface area contributed by atoms with Crippen molar-refractivity contribution >= 4 is 0 Å². The lowest BCUT2D eigenvalue weighted by atomic mass is 10.3. The monoisotopic (exact) mass is 252 g/mol. The van der Waals surface area contributed by atoms with Crippen molar-refractivity contribution in [3.63, 3.8) is 0 Å². The van der Waals surface area contributed by atoms with Crippen LogP contribution in [0.3, 0.4) is 0 Å². The second-order valence-corrected chi connectivity index (χ2v) is 5.05. The third-order valence-electron chi connectivity index (χ3n) is 3.40. The summed E-state index contributed by atoms with van der Waals surface area (Å²) < 4.78 is 2.10. The predicted octanol–water partition coefficient (Wildman–Crippen LogP) is 1.90. The maximum Gasteiger partial charge on any atom is 0.0625 e. The first-order valence-corrected chi connectivity index (χ1v) is 7.05. The van der Waals surface area contributed by atoms with Crippen molar-refractivity contribution in [2.75, 3.05) is 20.1 Å². The minimum Gasteiger partial charge on any atom is -0.310 e. The third kappa shape index (κ3) is 4.42. The lowest BCUT2D eigenvalue weighted by Gasteiger charge is -2.20. The van der Waals surface area contributed by atoms with E-state index >= 15 is 0 Å². The molecule has 0 saturated heterocycles. The number of rotatable bonds is 8. The minimum atomic E-state index is 0.611. The van der Waals surface area contributed by atoms with Gasteiger partial charge < -0.3 is 10.2 Å². The van der Waals surface area contributed by atoms with Crippen LogP contribution in [0.2, 0.25) is 0 Å². The summed E-state index contributed by atoms with van der Waals surface area (Å²) in [5.74, 6) is 0. The Morgan fingerprint density at radius 1 is 1.39 bits per heavy atom. The average molecular weight is 252 g/mol. The van der Waals surface area contributed by atoms with Gasteiger partial charge in [0.25, 0.3) is 0 Å². The molecule has 4 nitrogen and oxygen atoms in total. The predicted molar refractivity (Wildman–Crippen MR) is 76.8 cm³/mol. The zero-order chi connectivity index (χ0) is 13.5. The van der Waals surface area contributed by atoms with Gasteiger partial charge in [0.2, 0.25) is 0 Å². The molecule has 0 fully saturated rings. The topological polar surface area (TPSA) is 33.1 Å². The van der Waals surface area contributed by atoms with Gasteiger partial charge in [-0.25, -0.2) is 0 Å². The highest BCUT2D eigenvalue weighted by atomic mass is 15.3. The Morgan fingerprint density at radius 3 is 2.67 bits per heavy atom. The van der Waals surface area contributed by atoms with Crippen LogP contribution in [0.4, 0.5) is 0 Å². The van der Waals surface area contributed by atoms with Crippen molar-refractivity contribution in [1.82, 2.24) is 20.0 Å². The molecule has 0 radical (unpaired) electrons. The van der Waals surface area contributed by atoms with Gasteiger partial charge in [-0.05, 0) is 40.3 Å². The molecule has 0 aliphatic heterocycles. The lowest BCUT2D eigenvalue weighted by molar-refractivity contribution is 0.273. The van der Waals surface area contributed by atoms with Crippen LogP contribution in [-0.2, 0) is 19.5 Å². The molecule has 1 aromatic rings. The molecule has 0 aliphatic carbocycles. The van der Waals surface area contributed by atoms with Crippen molar-refractivity contribution < 1.29 is 0 Å². The Morgan fingerprint density at radius 2 is 2.11 bits per heavy atom. The fraction of sp³-hybridized carbons (Fsp3) is 0.786. The highest BCUT2D eigenvalue weighted by Gasteiger charge is 2.06. The van der Waals surface area contributed by atoms with E-state index in [1.165, 1.54) is 11.4 Å². The standard InChI is InChI=1S/C14H28N4/c1-6-13-10-14(18(7-2)16-13)11-15-8-9-17(5)12(3)4/h10,12,15H,6-9,11H2,1-5H3. The first kappa shape index (κ1) is 15.2. The lowest BCUT2D eigenvalue weighted by Crippen LogP contribution is -2.33. The normalized spacial score (nSPS) is 11.7. The van der Waals surface area contributed by atoms with E-state index in [-0.39, 0.29) is 0 Å². The van der Waals surface area contributed by atoms with Crippen LogP contribution in [-0.4, -0.2) is 40.9 Å². The molecule has 1 N–H and O–H groups in total. The largest absolute Gasteiger partial charge is 0.310 e. The summed E-state index contributed by atoms with van der Waals surface area (Å²) in [5, 5.41) is 8.05. The van der Waals surface area contributed by atoms with Gasteiger partial charge in [-0.2, -0.15) is 5.10 Å². The Bertz CT molecular complexity index is 344. The van der Waals surface area contributed by atoms with Gasteiger partial charge in [0, 0.05) is 32.2 Å². The molecule has 104 valence electrons. The molecule has 0 atom stereocenters. The van der Waals surface area contributed by atoms with Crippen LogP contribution in [0.5, 0.6) is 0 Å². The number of aromatic nitrogens is 2. The maximum absolute atomic E-state index is 4.56. The van der Waals surface area contributed by atoms with E-state index in [9.17, 15) is 0 Å². The molecule has 0 bridgehead atoms. The van der Waals surface area contributed by atoms with E-state index < -0.39 is 0 Å². The van der Waals surface area contributed by atoms with Crippen molar-refractivity contribution in [1.29, 1.82) is 0 Å². The minimum absolute atomic E-state index is 0.611. The van der Waals surface area contributed by atoms with Gasteiger partial charge in [-0.3, -0.25) is 4.68 Å². The molecule has 0 unspecified atom stereocenters. The fourth-order valence-electron chi connectivity index (χ4n) is 1.83. The van der Waals surface area contributed by atoms with E-state index in [1.54, 1.807) is 0 Å². The zero-order valence-electron chi connectivity index (χ0n) is 12.5. The molecular weight excluding hydrogens is 224 g/mol. The van der Waals surface area contributed by atoms with Crippen molar-refractivity contribution in [3.05, 3.63) is 17.5 Å². The summed E-state index contributed by atoms with van der Waals surface area (Å²) in [6.45, 7) is 12.7. The van der Waals surface area contributed by atoms with Gasteiger partial charge >= 0.3 is 0 Å². The number of nitrogens with zero attached hydrogens (tertiary/aromatic N) is 3. The van der Waals surface area contributed by atoms with Crippen LogP contribution in [0.15, 0.2) is 6.07 Å². The first-order chi connectivity index (χ1) is 8.58. The maximum atomic E-state index is 4.56. The SMILES string of the molecule is CCc1cc(CNCCN(C)C(C)C)n(CC)n1. The summed E-state index contributed by atoms with van der Waals surface area (Å²) in [6.07, 6.45) is 1.01. The summed E-state index contributed by atoms with van der Waals surface area (Å²) in [6, 6.07) is 2.82. The molecular formula is C14H28N4. The Balaban J connectivity index is 2.36. The van der Waals surface area contributed by atoms with Crippen molar-refractivity contribution in [2.24, 2.45) is 0 Å². The molecule has 0 aliphatic rings. The number of aryl methyl sites for hydroxylation is 2. The molecule has 18 heavy (non-hydrogen) atoms. The van der Waals surface area contributed by atoms with E-state index in [0.717, 1.165) is 32.6 Å². The Kier molecular flexibility index (Phi) is 6.36. The number of hydrogen-bond donors (Lipinski definition) is 1. The third-order valence-corrected chi connectivity index (χ3v) is 3.40. The summed E-state index contributed by atoms with van der Waals surface area (Å²) >= 11 is 0. The molecule has 0 amide bonds. The van der Waals surface area contributed by atoms with E-state index in [2.05, 4.69) is 60.8 Å². The highest BCUT2D eigenvalue weighted by molar-refractivity contribution is 5.10. The highest BCUT2D eigenvalue weighted by Crippen LogP contribution is 2.05. The molecule has 0 aromatic carbocycles. The first-order valence-electron chi connectivity index (χ1n) is 7.05. The van der Waals surface area contributed by atoms with Crippen LogP contribution >= 0.6 is 0 Å². The summed E-state index contributed by atoms with van der Waals surface area (Å²) in [4.78, 5) is 2.35. The van der Waals surface area contributed by atoms with Gasteiger partial charge in [-0.1, -0.05) is 6.92 Å². The molecule has 1 rings (SSSR count). The van der Waals surface area contributed by atoms with Crippen LogP contribution in [0.25, 0.3) is 0 Å². The van der Waals surface area contributed by atoms with Gasteiger partial charge in [0.05, 0.1) is 11.4 Å². The Hall–Kier alpha value is -0.870. The number of nitrogens with one attached hydrogen (secondary N) is 1. The van der Waals surface area contributed by atoms with Gasteiger partial charge in [-0.15, -0.1) is 0 Å². The average Bonchev–Trinajstić information content (AvgIpc) is 2.76. The molecule has 1 aromatic heterocycles. The van der Waals surface area contributed by atoms with Crippen LogP contribution in [0, 0.1) is 0 Å². The fourth-order valence-corrected chi connectivity index (χ4v) is 1.83. The van der Waals surface area contributed by atoms with Crippen molar-refractivity contribution in [3.8, 4) is 0 Å². The quantitative estimate of drug-likeness (QED) is 0.717. The summed E-state index contributed by atoms with van der Waals surface area (Å²) in [5.41, 5.74) is 2.48. The second-order valence-electron chi connectivity index (χ2n) is 5.05. The number of likely N-dealkylation sites (N-methyl/N-ethyl adjacent to an activating group) is 1. The molecule has 1 heterocycles.